The van der Waals surface area contributed by atoms with Crippen LogP contribution in [0.25, 0.3) is 0 Å². The van der Waals surface area contributed by atoms with Gasteiger partial charge in [0.1, 0.15) is 12.4 Å². The molecule has 16 heavy (non-hydrogen) atoms. The molecule has 0 bridgehead atoms. The van der Waals surface area contributed by atoms with Gasteiger partial charge >= 0.3 is 6.18 Å². The number of rotatable bonds is 4. The van der Waals surface area contributed by atoms with E-state index in [9.17, 15) is 13.2 Å². The number of alkyl halides is 3. The summed E-state index contributed by atoms with van der Waals surface area (Å²) in [7, 11) is 0. The Bertz CT molecular complexity index is 359. The van der Waals surface area contributed by atoms with Gasteiger partial charge in [0.05, 0.1) is 6.61 Å². The Morgan fingerprint density at radius 2 is 1.81 bits per heavy atom. The van der Waals surface area contributed by atoms with Crippen LogP contribution < -0.4 is 5.73 Å². The predicted molar refractivity (Wildman–Crippen MR) is 53.2 cm³/mol. The van der Waals surface area contributed by atoms with Crippen molar-refractivity contribution in [3.05, 3.63) is 35.4 Å². The van der Waals surface area contributed by atoms with Crippen LogP contribution >= 0.6 is 0 Å². The zero-order chi connectivity index (χ0) is 12.2. The van der Waals surface area contributed by atoms with Crippen molar-refractivity contribution in [1.29, 1.82) is 5.41 Å². The summed E-state index contributed by atoms with van der Waals surface area (Å²) in [6, 6.07) is 6.28. The third kappa shape index (κ3) is 4.31. The lowest BCUT2D eigenvalue weighted by atomic mass is 10.1. The summed E-state index contributed by atoms with van der Waals surface area (Å²) in [5, 5.41) is 7.12. The standard InChI is InChI=1S/C10H11F3N2O/c11-10(12,13)6-16-5-7-1-3-8(4-2-7)9(14)15/h1-4H,5-6H2,(H3,14,15). The normalized spacial score (nSPS) is 11.4. The van der Waals surface area contributed by atoms with E-state index in [1.807, 2.05) is 0 Å². The van der Waals surface area contributed by atoms with E-state index in [0.29, 0.717) is 11.1 Å². The molecule has 1 aromatic rings. The first-order valence-electron chi connectivity index (χ1n) is 4.46. The fourth-order valence-electron chi connectivity index (χ4n) is 1.07. The van der Waals surface area contributed by atoms with Gasteiger partial charge in [-0.3, -0.25) is 5.41 Å². The molecule has 1 aromatic carbocycles. The average molecular weight is 232 g/mol. The first-order valence-corrected chi connectivity index (χ1v) is 4.46. The number of halogens is 3. The van der Waals surface area contributed by atoms with Crippen LogP contribution in [-0.4, -0.2) is 18.6 Å². The van der Waals surface area contributed by atoms with Crippen LogP contribution in [0.1, 0.15) is 11.1 Å². The minimum Gasteiger partial charge on any atom is -0.384 e. The highest BCUT2D eigenvalue weighted by Gasteiger charge is 2.27. The molecule has 0 amide bonds. The molecule has 1 rings (SSSR count). The van der Waals surface area contributed by atoms with E-state index in [1.165, 1.54) is 0 Å². The Balaban J connectivity index is 2.47. The van der Waals surface area contributed by atoms with E-state index < -0.39 is 12.8 Å². The van der Waals surface area contributed by atoms with Crippen molar-refractivity contribution < 1.29 is 17.9 Å². The number of ether oxygens (including phenoxy) is 1. The lowest BCUT2D eigenvalue weighted by molar-refractivity contribution is -0.176. The highest BCUT2D eigenvalue weighted by Crippen LogP contribution is 2.15. The highest BCUT2D eigenvalue weighted by molar-refractivity contribution is 5.94. The lowest BCUT2D eigenvalue weighted by Crippen LogP contribution is -2.16. The summed E-state index contributed by atoms with van der Waals surface area (Å²) in [6.45, 7) is -1.38. The van der Waals surface area contributed by atoms with Crippen LogP contribution in [0.3, 0.4) is 0 Å². The maximum Gasteiger partial charge on any atom is 0.411 e. The van der Waals surface area contributed by atoms with Gasteiger partial charge in [0.25, 0.3) is 0 Å². The van der Waals surface area contributed by atoms with Crippen LogP contribution in [0.2, 0.25) is 0 Å². The number of nitrogens with two attached hydrogens (primary N) is 1. The Morgan fingerprint density at radius 1 is 1.25 bits per heavy atom. The fraction of sp³-hybridized carbons (Fsp3) is 0.300. The van der Waals surface area contributed by atoms with Gasteiger partial charge in [-0.05, 0) is 5.56 Å². The molecule has 0 aromatic heterocycles. The molecule has 0 unspecified atom stereocenters. The average Bonchev–Trinajstić information content (AvgIpc) is 2.16. The Kier molecular flexibility index (Phi) is 3.89. The van der Waals surface area contributed by atoms with Crippen molar-refractivity contribution >= 4 is 5.84 Å². The molecule has 0 saturated heterocycles. The van der Waals surface area contributed by atoms with Gasteiger partial charge in [-0.2, -0.15) is 13.2 Å². The van der Waals surface area contributed by atoms with Crippen molar-refractivity contribution in [3.8, 4) is 0 Å². The Labute approximate surface area is 90.5 Å². The summed E-state index contributed by atoms with van der Waals surface area (Å²) >= 11 is 0. The molecule has 0 radical (unpaired) electrons. The summed E-state index contributed by atoms with van der Waals surface area (Å²) < 4.78 is 39.8. The number of benzene rings is 1. The molecular formula is C10H11F3N2O. The van der Waals surface area contributed by atoms with Crippen molar-refractivity contribution in [3.63, 3.8) is 0 Å². The molecular weight excluding hydrogens is 221 g/mol. The van der Waals surface area contributed by atoms with E-state index in [-0.39, 0.29) is 12.4 Å². The molecule has 0 aliphatic carbocycles. The third-order valence-electron chi connectivity index (χ3n) is 1.80. The van der Waals surface area contributed by atoms with Crippen LogP contribution in [-0.2, 0) is 11.3 Å². The Hall–Kier alpha value is -1.56. The van der Waals surface area contributed by atoms with Gasteiger partial charge < -0.3 is 10.5 Å². The quantitative estimate of drug-likeness (QED) is 0.616. The van der Waals surface area contributed by atoms with E-state index in [1.54, 1.807) is 24.3 Å². The largest absolute Gasteiger partial charge is 0.411 e. The molecule has 0 heterocycles. The van der Waals surface area contributed by atoms with Gasteiger partial charge in [0.2, 0.25) is 0 Å². The molecule has 0 saturated carbocycles. The van der Waals surface area contributed by atoms with Gasteiger partial charge in [0, 0.05) is 5.56 Å². The minimum atomic E-state index is -4.31. The van der Waals surface area contributed by atoms with Crippen LogP contribution in [0, 0.1) is 5.41 Å². The molecule has 0 atom stereocenters. The maximum atomic E-state index is 11.8. The van der Waals surface area contributed by atoms with Crippen molar-refractivity contribution in [2.75, 3.05) is 6.61 Å². The highest BCUT2D eigenvalue weighted by atomic mass is 19.4. The topological polar surface area (TPSA) is 59.1 Å². The van der Waals surface area contributed by atoms with Crippen molar-refractivity contribution in [2.24, 2.45) is 5.73 Å². The van der Waals surface area contributed by atoms with Crippen molar-refractivity contribution in [2.45, 2.75) is 12.8 Å². The fourth-order valence-corrected chi connectivity index (χ4v) is 1.07. The zero-order valence-electron chi connectivity index (χ0n) is 8.34. The molecule has 3 N–H and O–H groups in total. The number of amidine groups is 1. The summed E-state index contributed by atoms with van der Waals surface area (Å²) in [5.41, 5.74) is 6.36. The maximum absolute atomic E-state index is 11.8. The molecule has 88 valence electrons. The van der Waals surface area contributed by atoms with E-state index in [2.05, 4.69) is 4.74 Å². The molecule has 0 spiro atoms. The second kappa shape index (κ2) is 4.98. The van der Waals surface area contributed by atoms with Gasteiger partial charge in [-0.15, -0.1) is 0 Å². The van der Waals surface area contributed by atoms with Crippen LogP contribution in [0.15, 0.2) is 24.3 Å². The molecule has 6 heteroatoms. The number of nitrogens with one attached hydrogen (secondary N) is 1. The third-order valence-corrected chi connectivity index (χ3v) is 1.80. The van der Waals surface area contributed by atoms with Gasteiger partial charge in [-0.25, -0.2) is 0 Å². The minimum absolute atomic E-state index is 0.0808. The predicted octanol–water partition coefficient (Wildman–Crippen LogP) is 2.05. The number of hydrogen-bond donors (Lipinski definition) is 2. The molecule has 3 nitrogen and oxygen atoms in total. The summed E-state index contributed by atoms with van der Waals surface area (Å²) in [5.74, 6) is -0.0808. The number of nitrogen functional groups attached to an aromatic ring is 1. The van der Waals surface area contributed by atoms with Gasteiger partial charge in [0.15, 0.2) is 0 Å². The van der Waals surface area contributed by atoms with Crippen LogP contribution in [0.4, 0.5) is 13.2 Å². The summed E-state index contributed by atoms with van der Waals surface area (Å²) in [6.07, 6.45) is -4.31. The molecule has 0 aliphatic rings. The zero-order valence-corrected chi connectivity index (χ0v) is 8.34. The van der Waals surface area contributed by atoms with Gasteiger partial charge in [-0.1, -0.05) is 24.3 Å². The summed E-state index contributed by atoms with van der Waals surface area (Å²) in [4.78, 5) is 0. The first kappa shape index (κ1) is 12.5. The molecule has 0 fully saturated rings. The second-order valence-electron chi connectivity index (χ2n) is 3.22. The van der Waals surface area contributed by atoms with E-state index in [0.717, 1.165) is 0 Å². The van der Waals surface area contributed by atoms with E-state index in [4.69, 9.17) is 11.1 Å². The SMILES string of the molecule is N=C(N)c1ccc(COCC(F)(F)F)cc1. The molecule has 0 aliphatic heterocycles. The first-order chi connectivity index (χ1) is 7.38. The monoisotopic (exact) mass is 232 g/mol. The van der Waals surface area contributed by atoms with Crippen molar-refractivity contribution in [1.82, 2.24) is 0 Å². The smallest absolute Gasteiger partial charge is 0.384 e. The number of hydrogen-bond acceptors (Lipinski definition) is 2. The second-order valence-corrected chi connectivity index (χ2v) is 3.22. The Morgan fingerprint density at radius 3 is 2.25 bits per heavy atom. The van der Waals surface area contributed by atoms with Crippen LogP contribution in [0.5, 0.6) is 0 Å². The van der Waals surface area contributed by atoms with E-state index >= 15 is 0 Å². The lowest BCUT2D eigenvalue weighted by Gasteiger charge is -2.07.